The Kier molecular flexibility index (Phi) is 5.58. The van der Waals surface area contributed by atoms with Crippen LogP contribution < -0.4 is 21.7 Å². The lowest BCUT2D eigenvalue weighted by atomic mass is 10.0. The van der Waals surface area contributed by atoms with Crippen LogP contribution in [0.15, 0.2) is 67.3 Å². The first-order valence-electron chi connectivity index (χ1n) is 11.0. The molecule has 1 atom stereocenters. The summed E-state index contributed by atoms with van der Waals surface area (Å²) in [5, 5.41) is 4.96. The normalized spacial score (nSPS) is 16.0. The molecule has 1 saturated heterocycles. The molecule has 4 aromatic rings. The Balaban J connectivity index is 1.47. The number of pyridine rings is 3. The van der Waals surface area contributed by atoms with Crippen LogP contribution in [-0.4, -0.2) is 40.0 Å². The number of amides is 1. The van der Waals surface area contributed by atoms with Crippen molar-refractivity contribution in [3.8, 4) is 11.3 Å². The molecule has 1 aliphatic rings. The maximum atomic E-state index is 13.2. The van der Waals surface area contributed by atoms with Gasteiger partial charge < -0.3 is 21.7 Å². The molecule has 0 saturated carbocycles. The molecule has 1 fully saturated rings. The molecule has 1 aromatic carbocycles. The van der Waals surface area contributed by atoms with E-state index < -0.39 is 5.91 Å². The van der Waals surface area contributed by atoms with Crippen molar-refractivity contribution in [3.05, 3.63) is 72.9 Å². The van der Waals surface area contributed by atoms with E-state index in [2.05, 4.69) is 25.2 Å². The number of hydrogen-bond acceptors (Lipinski definition) is 7. The molecule has 8 nitrogen and oxygen atoms in total. The first-order valence-corrected chi connectivity index (χ1v) is 11.0. The maximum absolute atomic E-state index is 13.2. The molecule has 0 bridgehead atoms. The summed E-state index contributed by atoms with van der Waals surface area (Å²) >= 11 is 0. The minimum absolute atomic E-state index is 0.110. The highest BCUT2D eigenvalue weighted by atomic mass is 16.1. The second-order valence-electron chi connectivity index (χ2n) is 8.24. The molecular weight excluding hydrogens is 414 g/mol. The lowest BCUT2D eigenvalue weighted by molar-refractivity contribution is 0.102. The largest absolute Gasteiger partial charge is 0.397 e. The lowest BCUT2D eigenvalue weighted by Crippen LogP contribution is -2.43. The number of aromatic nitrogens is 3. The standard InChI is InChI=1S/C25H25N7O/c26-17-5-3-11-32(15-17)23-9-10-28-14-22(23)31-25(33)24-20(27)7-8-21(30-24)19-13-29-12-16-4-1-2-6-18(16)19/h1-2,4,6-10,12-14,17H,3,5,11,15,26-27H2,(H,31,33)/t17-/m0/s1. The first-order chi connectivity index (χ1) is 16.1. The van der Waals surface area contributed by atoms with Gasteiger partial charge in [-0.2, -0.15) is 0 Å². The van der Waals surface area contributed by atoms with Gasteiger partial charge in [-0.05, 0) is 36.4 Å². The van der Waals surface area contributed by atoms with Crippen molar-refractivity contribution < 1.29 is 4.79 Å². The van der Waals surface area contributed by atoms with E-state index in [0.29, 0.717) is 17.1 Å². The highest BCUT2D eigenvalue weighted by Crippen LogP contribution is 2.30. The van der Waals surface area contributed by atoms with Crippen LogP contribution in [0.25, 0.3) is 22.0 Å². The zero-order valence-corrected chi connectivity index (χ0v) is 18.1. The number of rotatable bonds is 4. The van der Waals surface area contributed by atoms with E-state index in [-0.39, 0.29) is 11.7 Å². The summed E-state index contributed by atoms with van der Waals surface area (Å²) in [6.07, 6.45) is 8.92. The average Bonchev–Trinajstić information content (AvgIpc) is 2.84. The molecular formula is C25H25N7O. The Morgan fingerprint density at radius 1 is 1.06 bits per heavy atom. The monoisotopic (exact) mass is 439 g/mol. The summed E-state index contributed by atoms with van der Waals surface area (Å²) in [5.74, 6) is -0.391. The molecule has 1 aliphatic heterocycles. The number of hydrogen-bond donors (Lipinski definition) is 3. The molecule has 0 unspecified atom stereocenters. The van der Waals surface area contributed by atoms with Crippen LogP contribution >= 0.6 is 0 Å². The van der Waals surface area contributed by atoms with Gasteiger partial charge in [0.05, 0.1) is 29.0 Å². The van der Waals surface area contributed by atoms with Crippen LogP contribution in [0.5, 0.6) is 0 Å². The van der Waals surface area contributed by atoms with Gasteiger partial charge >= 0.3 is 0 Å². The molecule has 3 aromatic heterocycles. The van der Waals surface area contributed by atoms with Gasteiger partial charge in [-0.25, -0.2) is 4.98 Å². The third kappa shape index (κ3) is 4.20. The Morgan fingerprint density at radius 3 is 2.82 bits per heavy atom. The fourth-order valence-corrected chi connectivity index (χ4v) is 4.29. The number of piperidine rings is 1. The Hall–Kier alpha value is -4.04. The first kappa shape index (κ1) is 20.8. The van der Waals surface area contributed by atoms with Crippen molar-refractivity contribution in [3.63, 3.8) is 0 Å². The molecule has 33 heavy (non-hydrogen) atoms. The van der Waals surface area contributed by atoms with Gasteiger partial charge in [0.2, 0.25) is 0 Å². The van der Waals surface area contributed by atoms with Crippen molar-refractivity contribution in [1.82, 2.24) is 15.0 Å². The number of nitrogens with two attached hydrogens (primary N) is 2. The summed E-state index contributed by atoms with van der Waals surface area (Å²) in [6.45, 7) is 1.61. The van der Waals surface area contributed by atoms with E-state index in [9.17, 15) is 4.79 Å². The molecule has 1 amide bonds. The average molecular weight is 440 g/mol. The Morgan fingerprint density at radius 2 is 1.94 bits per heavy atom. The van der Waals surface area contributed by atoms with Gasteiger partial charge in [0.1, 0.15) is 0 Å². The van der Waals surface area contributed by atoms with Crippen molar-refractivity contribution >= 4 is 33.7 Å². The maximum Gasteiger partial charge on any atom is 0.276 e. The Labute approximate surface area is 191 Å². The molecule has 0 aliphatic carbocycles. The fourth-order valence-electron chi connectivity index (χ4n) is 4.29. The van der Waals surface area contributed by atoms with E-state index in [1.54, 1.807) is 36.9 Å². The second kappa shape index (κ2) is 8.84. The van der Waals surface area contributed by atoms with Crippen LogP contribution in [0.1, 0.15) is 23.3 Å². The summed E-state index contributed by atoms with van der Waals surface area (Å²) in [7, 11) is 0. The molecule has 4 heterocycles. The zero-order valence-electron chi connectivity index (χ0n) is 18.1. The van der Waals surface area contributed by atoms with Crippen molar-refractivity contribution in [2.45, 2.75) is 18.9 Å². The van der Waals surface area contributed by atoms with E-state index in [1.807, 2.05) is 30.3 Å². The number of anilines is 3. The summed E-state index contributed by atoms with van der Waals surface area (Å²) in [5.41, 5.74) is 15.7. The smallest absolute Gasteiger partial charge is 0.276 e. The van der Waals surface area contributed by atoms with Gasteiger partial charge in [-0.3, -0.25) is 14.8 Å². The third-order valence-electron chi connectivity index (χ3n) is 5.93. The van der Waals surface area contributed by atoms with Crippen LogP contribution in [0, 0.1) is 0 Å². The Bertz CT molecular complexity index is 1320. The molecule has 5 N–H and O–H groups in total. The lowest BCUT2D eigenvalue weighted by Gasteiger charge is -2.33. The van der Waals surface area contributed by atoms with Crippen molar-refractivity contribution in [2.75, 3.05) is 29.0 Å². The highest BCUT2D eigenvalue weighted by Gasteiger charge is 2.21. The number of carbonyl (C=O) groups excluding carboxylic acids is 1. The predicted octanol–water partition coefficient (Wildman–Crippen LogP) is 3.45. The molecule has 0 spiro atoms. The van der Waals surface area contributed by atoms with Crippen LogP contribution in [0.2, 0.25) is 0 Å². The molecule has 5 rings (SSSR count). The highest BCUT2D eigenvalue weighted by molar-refractivity contribution is 6.08. The van der Waals surface area contributed by atoms with E-state index >= 15 is 0 Å². The number of fused-ring (bicyclic) bond motifs is 1. The number of nitrogen functional groups attached to an aromatic ring is 1. The molecule has 166 valence electrons. The van der Waals surface area contributed by atoms with E-state index in [4.69, 9.17) is 11.5 Å². The van der Waals surface area contributed by atoms with Crippen LogP contribution in [0.3, 0.4) is 0 Å². The topological polar surface area (TPSA) is 123 Å². The van der Waals surface area contributed by atoms with Crippen molar-refractivity contribution in [2.24, 2.45) is 5.73 Å². The third-order valence-corrected chi connectivity index (χ3v) is 5.93. The van der Waals surface area contributed by atoms with E-state index in [0.717, 1.165) is 48.0 Å². The summed E-state index contributed by atoms with van der Waals surface area (Å²) in [4.78, 5) is 28.6. The minimum atomic E-state index is -0.391. The molecule has 8 heteroatoms. The van der Waals surface area contributed by atoms with Gasteiger partial charge in [-0.15, -0.1) is 0 Å². The minimum Gasteiger partial charge on any atom is -0.397 e. The van der Waals surface area contributed by atoms with Gasteiger partial charge in [0.25, 0.3) is 5.91 Å². The number of nitrogens with zero attached hydrogens (tertiary/aromatic N) is 4. The zero-order chi connectivity index (χ0) is 22.8. The number of benzene rings is 1. The van der Waals surface area contributed by atoms with Crippen LogP contribution in [0.4, 0.5) is 17.1 Å². The summed E-state index contributed by atoms with van der Waals surface area (Å²) < 4.78 is 0. The number of carbonyl (C=O) groups is 1. The van der Waals surface area contributed by atoms with Gasteiger partial charge in [-0.1, -0.05) is 24.3 Å². The van der Waals surface area contributed by atoms with Gasteiger partial charge in [0, 0.05) is 48.7 Å². The van der Waals surface area contributed by atoms with Gasteiger partial charge in [0.15, 0.2) is 5.69 Å². The SMILES string of the molecule is Nc1ccc(-c2cncc3ccccc23)nc1C(=O)Nc1cnccc1N1CCC[C@H](N)C1. The van der Waals surface area contributed by atoms with E-state index in [1.165, 1.54) is 0 Å². The second-order valence-corrected chi connectivity index (χ2v) is 8.24. The number of nitrogens with one attached hydrogen (secondary N) is 1. The van der Waals surface area contributed by atoms with Crippen molar-refractivity contribution in [1.29, 1.82) is 0 Å². The quantitative estimate of drug-likeness (QED) is 0.445. The predicted molar refractivity (Wildman–Crippen MR) is 131 cm³/mol. The molecule has 0 radical (unpaired) electrons. The fraction of sp³-hybridized carbons (Fsp3) is 0.200. The van der Waals surface area contributed by atoms with Crippen LogP contribution in [-0.2, 0) is 0 Å². The summed E-state index contributed by atoms with van der Waals surface area (Å²) in [6, 6.07) is 13.4.